The van der Waals surface area contributed by atoms with Gasteiger partial charge in [-0.1, -0.05) is 0 Å². The number of hydrogen-bond donors (Lipinski definition) is 1. The Morgan fingerprint density at radius 2 is 2.14 bits per heavy atom. The number of nitrogens with zero attached hydrogens (tertiary/aromatic N) is 3. The van der Waals surface area contributed by atoms with Gasteiger partial charge in [-0.05, 0) is 31.5 Å². The Balaban J connectivity index is 1.86. The Hall–Kier alpha value is -2.54. The van der Waals surface area contributed by atoms with Crippen LogP contribution in [-0.4, -0.2) is 20.3 Å². The average molecular weight is 314 g/mol. The molecule has 7 heteroatoms. The molecule has 3 aromatic rings. The van der Waals surface area contributed by atoms with Gasteiger partial charge in [0.1, 0.15) is 11.2 Å². The first-order chi connectivity index (χ1) is 10.5. The normalized spacial score (nSPS) is 10.8. The highest BCUT2D eigenvalue weighted by Crippen LogP contribution is 2.11. The Labute approximate surface area is 130 Å². The number of amides is 1. The van der Waals surface area contributed by atoms with Crippen molar-refractivity contribution in [1.82, 2.24) is 19.7 Å². The van der Waals surface area contributed by atoms with E-state index in [0.29, 0.717) is 12.2 Å². The van der Waals surface area contributed by atoms with Gasteiger partial charge < -0.3 is 5.32 Å². The molecule has 22 heavy (non-hydrogen) atoms. The molecule has 3 heterocycles. The smallest absolute Gasteiger partial charge is 0.270 e. The van der Waals surface area contributed by atoms with E-state index >= 15 is 0 Å². The molecule has 0 aliphatic carbocycles. The topological polar surface area (TPSA) is 76.4 Å². The standard InChI is InChI=1S/C15H14N4O2S/c1-9-3-4-19-13(5-9)17-8-12(15(19)21)14(20)18-7-11-6-16-10(2)22-11/h3-6,8H,7H2,1-2H3,(H,18,20). The number of nitrogens with one attached hydrogen (secondary N) is 1. The molecule has 0 saturated heterocycles. The van der Waals surface area contributed by atoms with Crippen molar-refractivity contribution < 1.29 is 4.79 Å². The molecule has 0 fully saturated rings. The van der Waals surface area contributed by atoms with E-state index in [-0.39, 0.29) is 11.1 Å². The lowest BCUT2D eigenvalue weighted by atomic mass is 10.2. The summed E-state index contributed by atoms with van der Waals surface area (Å²) in [6, 6.07) is 3.60. The summed E-state index contributed by atoms with van der Waals surface area (Å²) in [7, 11) is 0. The number of aromatic nitrogens is 3. The number of carbonyl (C=O) groups excluding carboxylic acids is 1. The highest BCUT2D eigenvalue weighted by atomic mass is 32.1. The maximum atomic E-state index is 12.3. The third-order valence-corrected chi connectivity index (χ3v) is 4.11. The molecule has 0 unspecified atom stereocenters. The molecule has 0 aromatic carbocycles. The average Bonchev–Trinajstić information content (AvgIpc) is 2.90. The summed E-state index contributed by atoms with van der Waals surface area (Å²) in [5.74, 6) is -0.432. The van der Waals surface area contributed by atoms with Crippen molar-refractivity contribution in [2.24, 2.45) is 0 Å². The molecule has 1 amide bonds. The van der Waals surface area contributed by atoms with Gasteiger partial charge in [-0.3, -0.25) is 14.0 Å². The summed E-state index contributed by atoms with van der Waals surface area (Å²) < 4.78 is 1.37. The zero-order chi connectivity index (χ0) is 15.7. The molecule has 112 valence electrons. The number of fused-ring (bicyclic) bond motifs is 1. The van der Waals surface area contributed by atoms with Crippen molar-refractivity contribution in [2.75, 3.05) is 0 Å². The van der Waals surface area contributed by atoms with Gasteiger partial charge in [-0.25, -0.2) is 9.97 Å². The van der Waals surface area contributed by atoms with Crippen LogP contribution in [0.15, 0.2) is 35.5 Å². The van der Waals surface area contributed by atoms with Gasteiger partial charge in [-0.2, -0.15) is 0 Å². The monoisotopic (exact) mass is 314 g/mol. The summed E-state index contributed by atoms with van der Waals surface area (Å²) in [4.78, 5) is 33.8. The fourth-order valence-corrected chi connectivity index (χ4v) is 2.82. The van der Waals surface area contributed by atoms with Gasteiger partial charge in [0.2, 0.25) is 0 Å². The Morgan fingerprint density at radius 3 is 2.86 bits per heavy atom. The van der Waals surface area contributed by atoms with Gasteiger partial charge in [0.25, 0.3) is 11.5 Å². The predicted octanol–water partition coefficient (Wildman–Crippen LogP) is 1.70. The zero-order valence-electron chi connectivity index (χ0n) is 12.2. The van der Waals surface area contributed by atoms with E-state index in [1.165, 1.54) is 21.9 Å². The third kappa shape index (κ3) is 2.75. The zero-order valence-corrected chi connectivity index (χ0v) is 13.0. The lowest BCUT2D eigenvalue weighted by molar-refractivity contribution is 0.0949. The lowest BCUT2D eigenvalue weighted by Crippen LogP contribution is -2.31. The van der Waals surface area contributed by atoms with Crippen LogP contribution in [0.3, 0.4) is 0 Å². The van der Waals surface area contributed by atoms with Crippen LogP contribution < -0.4 is 10.9 Å². The molecule has 0 bridgehead atoms. The van der Waals surface area contributed by atoms with Gasteiger partial charge in [-0.15, -0.1) is 11.3 Å². The number of pyridine rings is 1. The predicted molar refractivity (Wildman–Crippen MR) is 84.2 cm³/mol. The van der Waals surface area contributed by atoms with E-state index in [0.717, 1.165) is 15.4 Å². The van der Waals surface area contributed by atoms with E-state index in [2.05, 4.69) is 15.3 Å². The first-order valence-corrected chi connectivity index (χ1v) is 7.54. The Morgan fingerprint density at radius 1 is 1.32 bits per heavy atom. The minimum atomic E-state index is -0.432. The van der Waals surface area contributed by atoms with Gasteiger partial charge in [0.05, 0.1) is 11.6 Å². The van der Waals surface area contributed by atoms with Crippen molar-refractivity contribution in [1.29, 1.82) is 0 Å². The Bertz CT molecular complexity index is 913. The van der Waals surface area contributed by atoms with Crippen LogP contribution in [0.2, 0.25) is 0 Å². The van der Waals surface area contributed by atoms with Crippen molar-refractivity contribution >= 4 is 22.9 Å². The number of hydrogen-bond acceptors (Lipinski definition) is 5. The van der Waals surface area contributed by atoms with Gasteiger partial charge >= 0.3 is 0 Å². The van der Waals surface area contributed by atoms with Crippen molar-refractivity contribution in [3.8, 4) is 0 Å². The molecule has 0 spiro atoms. The maximum Gasteiger partial charge on any atom is 0.270 e. The van der Waals surface area contributed by atoms with E-state index in [4.69, 9.17) is 0 Å². The van der Waals surface area contributed by atoms with Crippen LogP contribution >= 0.6 is 11.3 Å². The van der Waals surface area contributed by atoms with Crippen LogP contribution in [-0.2, 0) is 6.54 Å². The third-order valence-electron chi connectivity index (χ3n) is 3.20. The fraction of sp³-hybridized carbons (Fsp3) is 0.200. The second-order valence-electron chi connectivity index (χ2n) is 4.94. The molecule has 1 N–H and O–H groups in total. The largest absolute Gasteiger partial charge is 0.347 e. The molecule has 0 aliphatic heterocycles. The highest BCUT2D eigenvalue weighted by molar-refractivity contribution is 7.11. The molecule has 0 aliphatic rings. The molecule has 0 saturated carbocycles. The van der Waals surface area contributed by atoms with E-state index < -0.39 is 5.91 Å². The summed E-state index contributed by atoms with van der Waals surface area (Å²) >= 11 is 1.51. The van der Waals surface area contributed by atoms with Crippen LogP contribution in [0.5, 0.6) is 0 Å². The van der Waals surface area contributed by atoms with Crippen LogP contribution in [0.25, 0.3) is 5.65 Å². The first-order valence-electron chi connectivity index (χ1n) is 6.72. The fourth-order valence-electron chi connectivity index (χ4n) is 2.08. The molecule has 0 atom stereocenters. The molecule has 6 nitrogen and oxygen atoms in total. The minimum absolute atomic E-state index is 0.0302. The van der Waals surface area contributed by atoms with Gasteiger partial charge in [0, 0.05) is 23.5 Å². The summed E-state index contributed by atoms with van der Waals surface area (Å²) in [5.41, 5.74) is 1.19. The van der Waals surface area contributed by atoms with Crippen LogP contribution in [0.1, 0.15) is 25.8 Å². The van der Waals surface area contributed by atoms with E-state index in [1.54, 1.807) is 24.5 Å². The SMILES string of the molecule is Cc1ccn2c(=O)c(C(=O)NCc3cnc(C)s3)cnc2c1. The van der Waals surface area contributed by atoms with E-state index in [9.17, 15) is 9.59 Å². The van der Waals surface area contributed by atoms with Crippen molar-refractivity contribution in [3.63, 3.8) is 0 Å². The summed E-state index contributed by atoms with van der Waals surface area (Å²) in [6.45, 7) is 4.17. The lowest BCUT2D eigenvalue weighted by Gasteiger charge is -2.05. The van der Waals surface area contributed by atoms with Gasteiger partial charge in [0.15, 0.2) is 0 Å². The molecular weight excluding hydrogens is 300 g/mol. The van der Waals surface area contributed by atoms with Crippen molar-refractivity contribution in [2.45, 2.75) is 20.4 Å². The quantitative estimate of drug-likeness (QED) is 0.798. The molecule has 0 radical (unpaired) electrons. The van der Waals surface area contributed by atoms with Crippen LogP contribution in [0, 0.1) is 13.8 Å². The second kappa shape index (κ2) is 5.69. The van der Waals surface area contributed by atoms with E-state index in [1.807, 2.05) is 13.8 Å². The minimum Gasteiger partial charge on any atom is -0.347 e. The summed E-state index contributed by atoms with van der Waals surface area (Å²) in [6.07, 6.45) is 4.67. The maximum absolute atomic E-state index is 12.3. The highest BCUT2D eigenvalue weighted by Gasteiger charge is 2.13. The summed E-state index contributed by atoms with van der Waals surface area (Å²) in [5, 5.41) is 3.66. The number of rotatable bonds is 3. The van der Waals surface area contributed by atoms with Crippen molar-refractivity contribution in [3.05, 3.63) is 62.1 Å². The molecule has 3 rings (SSSR count). The number of carbonyl (C=O) groups is 1. The molecular formula is C15H14N4O2S. The first kappa shape index (κ1) is 14.4. The molecule has 3 aromatic heterocycles. The Kier molecular flexibility index (Phi) is 3.72. The second-order valence-corrected chi connectivity index (χ2v) is 6.26. The van der Waals surface area contributed by atoms with Crippen LogP contribution in [0.4, 0.5) is 0 Å². The number of aryl methyl sites for hydroxylation is 2. The number of thiazole rings is 1.